The van der Waals surface area contributed by atoms with Gasteiger partial charge in [-0.3, -0.25) is 4.79 Å². The van der Waals surface area contributed by atoms with Crippen molar-refractivity contribution in [3.63, 3.8) is 0 Å². The van der Waals surface area contributed by atoms with Crippen LogP contribution in [0, 0.1) is 29.1 Å². The van der Waals surface area contributed by atoms with Gasteiger partial charge >= 0.3 is 0 Å². The number of Topliss-reactive ketones (excluding diaryl/α,β-unsaturated/α-hetero) is 1. The Hall–Kier alpha value is -1.37. The Kier molecular flexibility index (Phi) is 3.06. The number of ketones is 1. The Bertz CT molecular complexity index is 544. The highest BCUT2D eigenvalue weighted by Gasteiger charge is 2.58. The van der Waals surface area contributed by atoms with Gasteiger partial charge in [0.2, 0.25) is 0 Å². The van der Waals surface area contributed by atoms with E-state index in [-0.39, 0.29) is 5.41 Å². The summed E-state index contributed by atoms with van der Waals surface area (Å²) in [7, 11) is 0. The van der Waals surface area contributed by atoms with Crippen molar-refractivity contribution in [3.05, 3.63) is 48.6 Å². The maximum atomic E-state index is 13.2. The van der Waals surface area contributed by atoms with Crippen molar-refractivity contribution < 1.29 is 4.79 Å². The summed E-state index contributed by atoms with van der Waals surface area (Å²) in [5.74, 6) is 3.25. The molecule has 0 N–H and O–H groups in total. The first-order valence-electron chi connectivity index (χ1n) is 8.41. The molecule has 3 atom stereocenters. The van der Waals surface area contributed by atoms with Crippen LogP contribution in [0.2, 0.25) is 0 Å². The first kappa shape index (κ1) is 13.3. The van der Waals surface area contributed by atoms with Crippen molar-refractivity contribution in [3.8, 4) is 0 Å². The normalized spacial score (nSPS) is 40.2. The fourth-order valence-electron chi connectivity index (χ4n) is 5.87. The van der Waals surface area contributed by atoms with Gasteiger partial charge in [0.05, 0.1) is 0 Å². The zero-order valence-corrected chi connectivity index (χ0v) is 12.6. The highest BCUT2D eigenvalue weighted by Crippen LogP contribution is 2.63. The molecule has 4 bridgehead atoms. The Morgan fingerprint density at radius 2 is 1.81 bits per heavy atom. The lowest BCUT2D eigenvalue weighted by atomic mass is 9.44. The molecule has 110 valence electrons. The summed E-state index contributed by atoms with van der Waals surface area (Å²) >= 11 is 0. The minimum Gasteiger partial charge on any atom is -0.299 e. The summed E-state index contributed by atoms with van der Waals surface area (Å²) in [6, 6.07) is 10.3. The standard InChI is InChI=1S/C20H24O/c1-2-18-17-9-15-8-16(10-17)13-20(18,12-15)19(21)11-14-6-4-3-5-7-14/h2-7,15-18H,1,8-13H2. The second-order valence-electron chi connectivity index (χ2n) is 7.61. The molecule has 1 aromatic carbocycles. The molecule has 0 heterocycles. The van der Waals surface area contributed by atoms with Crippen LogP contribution in [0.4, 0.5) is 0 Å². The average molecular weight is 280 g/mol. The Labute approximate surface area is 127 Å². The molecule has 0 radical (unpaired) electrons. The van der Waals surface area contributed by atoms with Gasteiger partial charge in [-0.1, -0.05) is 36.4 Å². The maximum Gasteiger partial charge on any atom is 0.144 e. The van der Waals surface area contributed by atoms with Gasteiger partial charge < -0.3 is 0 Å². The Balaban J connectivity index is 1.65. The molecule has 4 aliphatic rings. The third kappa shape index (κ3) is 2.01. The third-order valence-corrected chi connectivity index (χ3v) is 6.41. The molecule has 3 unspecified atom stereocenters. The first-order chi connectivity index (χ1) is 10.2. The molecular weight excluding hydrogens is 256 g/mol. The van der Waals surface area contributed by atoms with E-state index in [1.165, 1.54) is 24.8 Å². The zero-order chi connectivity index (χ0) is 14.4. The Morgan fingerprint density at radius 3 is 2.43 bits per heavy atom. The topological polar surface area (TPSA) is 17.1 Å². The van der Waals surface area contributed by atoms with Crippen molar-refractivity contribution in [2.24, 2.45) is 29.1 Å². The van der Waals surface area contributed by atoms with Crippen molar-refractivity contribution in [1.29, 1.82) is 0 Å². The smallest absolute Gasteiger partial charge is 0.144 e. The van der Waals surface area contributed by atoms with E-state index in [2.05, 4.69) is 24.8 Å². The predicted molar refractivity (Wildman–Crippen MR) is 84.8 cm³/mol. The lowest BCUT2D eigenvalue weighted by Crippen LogP contribution is -2.56. The van der Waals surface area contributed by atoms with Gasteiger partial charge in [0.1, 0.15) is 5.78 Å². The number of allylic oxidation sites excluding steroid dienone is 1. The monoisotopic (exact) mass is 280 g/mol. The fraction of sp³-hybridized carbons (Fsp3) is 0.550. The SMILES string of the molecule is C=CC1C2CC3CC(C2)CC1(C(=O)Cc1ccccc1)C3. The van der Waals surface area contributed by atoms with E-state index in [4.69, 9.17) is 0 Å². The van der Waals surface area contributed by atoms with Crippen molar-refractivity contribution >= 4 is 5.78 Å². The van der Waals surface area contributed by atoms with Gasteiger partial charge in [0.15, 0.2) is 0 Å². The van der Waals surface area contributed by atoms with E-state index in [1.54, 1.807) is 0 Å². The number of benzene rings is 1. The van der Waals surface area contributed by atoms with Gasteiger partial charge in [-0.05, 0) is 61.3 Å². The molecule has 1 aromatic rings. The van der Waals surface area contributed by atoms with Gasteiger partial charge in [-0.15, -0.1) is 6.58 Å². The van der Waals surface area contributed by atoms with E-state index >= 15 is 0 Å². The van der Waals surface area contributed by atoms with Crippen LogP contribution >= 0.6 is 0 Å². The van der Waals surface area contributed by atoms with Crippen LogP contribution in [0.25, 0.3) is 0 Å². The summed E-state index contributed by atoms with van der Waals surface area (Å²) in [5, 5.41) is 0. The lowest BCUT2D eigenvalue weighted by molar-refractivity contribution is -0.151. The van der Waals surface area contributed by atoms with Crippen molar-refractivity contribution in [2.75, 3.05) is 0 Å². The highest BCUT2D eigenvalue weighted by molar-refractivity contribution is 5.88. The van der Waals surface area contributed by atoms with Gasteiger partial charge in [0, 0.05) is 11.8 Å². The summed E-state index contributed by atoms with van der Waals surface area (Å²) < 4.78 is 0. The summed E-state index contributed by atoms with van der Waals surface area (Å²) in [6.45, 7) is 4.09. The molecule has 4 aliphatic carbocycles. The molecule has 4 fully saturated rings. The van der Waals surface area contributed by atoms with Crippen LogP contribution in [0.15, 0.2) is 43.0 Å². The van der Waals surface area contributed by atoms with Crippen LogP contribution < -0.4 is 0 Å². The van der Waals surface area contributed by atoms with E-state index < -0.39 is 0 Å². The van der Waals surface area contributed by atoms with Crippen molar-refractivity contribution in [1.82, 2.24) is 0 Å². The minimum atomic E-state index is -0.0770. The van der Waals surface area contributed by atoms with Crippen LogP contribution in [0.3, 0.4) is 0 Å². The second-order valence-corrected chi connectivity index (χ2v) is 7.61. The molecule has 0 aromatic heterocycles. The fourth-order valence-corrected chi connectivity index (χ4v) is 5.87. The molecule has 4 saturated carbocycles. The number of hydrogen-bond acceptors (Lipinski definition) is 1. The predicted octanol–water partition coefficient (Wildman–Crippen LogP) is 4.43. The molecular formula is C20H24O. The molecule has 0 amide bonds. The molecule has 1 heteroatoms. The minimum absolute atomic E-state index is 0.0770. The number of carbonyl (C=O) groups excluding carboxylic acids is 1. The van der Waals surface area contributed by atoms with E-state index in [1.807, 2.05) is 18.2 Å². The number of rotatable bonds is 4. The molecule has 0 spiro atoms. The largest absolute Gasteiger partial charge is 0.299 e. The molecule has 0 saturated heterocycles. The van der Waals surface area contributed by atoms with Gasteiger partial charge in [0.25, 0.3) is 0 Å². The summed E-state index contributed by atoms with van der Waals surface area (Å²) in [4.78, 5) is 13.2. The van der Waals surface area contributed by atoms with Crippen LogP contribution in [0.5, 0.6) is 0 Å². The third-order valence-electron chi connectivity index (χ3n) is 6.41. The quantitative estimate of drug-likeness (QED) is 0.746. The molecule has 0 aliphatic heterocycles. The maximum absolute atomic E-state index is 13.2. The van der Waals surface area contributed by atoms with E-state index in [0.717, 1.165) is 30.6 Å². The van der Waals surface area contributed by atoms with Gasteiger partial charge in [-0.2, -0.15) is 0 Å². The summed E-state index contributed by atoms with van der Waals surface area (Å²) in [5.41, 5.74) is 1.09. The van der Waals surface area contributed by atoms with Crippen LogP contribution in [-0.4, -0.2) is 5.78 Å². The highest BCUT2D eigenvalue weighted by atomic mass is 16.1. The van der Waals surface area contributed by atoms with E-state index in [9.17, 15) is 4.79 Å². The van der Waals surface area contributed by atoms with Crippen LogP contribution in [-0.2, 0) is 11.2 Å². The first-order valence-corrected chi connectivity index (χ1v) is 8.41. The number of carbonyl (C=O) groups is 1. The van der Waals surface area contributed by atoms with Gasteiger partial charge in [-0.25, -0.2) is 0 Å². The average Bonchev–Trinajstić information content (AvgIpc) is 2.47. The van der Waals surface area contributed by atoms with Crippen LogP contribution in [0.1, 0.15) is 37.7 Å². The zero-order valence-electron chi connectivity index (χ0n) is 12.6. The molecule has 5 rings (SSSR count). The lowest BCUT2D eigenvalue weighted by Gasteiger charge is -2.60. The van der Waals surface area contributed by atoms with E-state index in [0.29, 0.717) is 18.1 Å². The second kappa shape index (κ2) is 4.83. The Morgan fingerprint density at radius 1 is 1.14 bits per heavy atom. The number of hydrogen-bond donors (Lipinski definition) is 0. The van der Waals surface area contributed by atoms with Crippen molar-refractivity contribution in [2.45, 2.75) is 38.5 Å². The molecule has 1 nitrogen and oxygen atoms in total. The molecule has 21 heavy (non-hydrogen) atoms. The summed E-state index contributed by atoms with van der Waals surface area (Å²) in [6.07, 6.45) is 9.04.